The summed E-state index contributed by atoms with van der Waals surface area (Å²) in [6, 6.07) is 3.05. The van der Waals surface area contributed by atoms with E-state index in [2.05, 4.69) is 24.8 Å². The van der Waals surface area contributed by atoms with Crippen molar-refractivity contribution in [3.63, 3.8) is 0 Å². The maximum atomic E-state index is 13.8. The Balaban J connectivity index is 1.83. The van der Waals surface area contributed by atoms with E-state index >= 15 is 0 Å². The van der Waals surface area contributed by atoms with Crippen LogP contribution in [0.2, 0.25) is 0 Å². The molecule has 0 unspecified atom stereocenters. The number of aromatic amines is 1. The number of ether oxygens (including phenoxy) is 1. The van der Waals surface area contributed by atoms with Crippen LogP contribution in [0.4, 0.5) is 4.39 Å². The van der Waals surface area contributed by atoms with Gasteiger partial charge in [-0.1, -0.05) is 11.8 Å². The Labute approximate surface area is 143 Å². The quantitative estimate of drug-likeness (QED) is 0.537. The lowest BCUT2D eigenvalue weighted by molar-refractivity contribution is 0.0588. The van der Waals surface area contributed by atoms with Crippen LogP contribution >= 0.6 is 11.8 Å². The number of rotatable bonds is 4. The highest BCUT2D eigenvalue weighted by molar-refractivity contribution is 7.98. The molecular weight excluding hydrogens is 351 g/mol. The number of fused-ring (bicyclic) bond motifs is 1. The summed E-state index contributed by atoms with van der Waals surface area (Å²) in [6.07, 6.45) is 2.58. The molecule has 3 aromatic rings. The second-order valence-corrected chi connectivity index (χ2v) is 5.67. The lowest BCUT2D eigenvalue weighted by Crippen LogP contribution is -2.19. The fourth-order valence-corrected chi connectivity index (χ4v) is 2.74. The molecule has 0 aromatic carbocycles. The first kappa shape index (κ1) is 16.6. The van der Waals surface area contributed by atoms with Crippen molar-refractivity contribution in [1.82, 2.24) is 24.6 Å². The Kier molecular flexibility index (Phi) is 4.44. The molecule has 0 spiro atoms. The summed E-state index contributed by atoms with van der Waals surface area (Å²) >= 11 is 1.11. The van der Waals surface area contributed by atoms with Gasteiger partial charge < -0.3 is 4.74 Å². The van der Waals surface area contributed by atoms with Crippen LogP contribution in [0.1, 0.15) is 21.6 Å². The lowest BCUT2D eigenvalue weighted by Gasteiger charge is -2.04. The molecule has 0 bridgehead atoms. The van der Waals surface area contributed by atoms with Gasteiger partial charge in [0.15, 0.2) is 22.3 Å². The zero-order valence-corrected chi connectivity index (χ0v) is 13.5. The van der Waals surface area contributed by atoms with Gasteiger partial charge in [-0.15, -0.1) is 0 Å². The highest BCUT2D eigenvalue weighted by Crippen LogP contribution is 2.20. The van der Waals surface area contributed by atoms with Crippen LogP contribution in [0.25, 0.3) is 5.65 Å². The van der Waals surface area contributed by atoms with Crippen molar-refractivity contribution < 1.29 is 13.9 Å². The van der Waals surface area contributed by atoms with Gasteiger partial charge in [-0.25, -0.2) is 23.9 Å². The third kappa shape index (κ3) is 3.20. The third-order valence-electron chi connectivity index (χ3n) is 3.13. The summed E-state index contributed by atoms with van der Waals surface area (Å²) in [5.41, 5.74) is -0.157. The minimum absolute atomic E-state index is 0.138. The number of halogens is 1. The van der Waals surface area contributed by atoms with E-state index in [0.29, 0.717) is 5.56 Å². The van der Waals surface area contributed by atoms with E-state index in [9.17, 15) is 14.0 Å². The predicted molar refractivity (Wildman–Crippen MR) is 83.4 cm³/mol. The molecule has 1 N–H and O–H groups in total. The Morgan fingerprint density at radius 2 is 2.32 bits per heavy atom. The Bertz CT molecular complexity index is 1070. The number of nitrogens with one attached hydrogen (secondary N) is 1. The number of nitrogens with zero attached hydrogens (tertiary/aromatic N) is 5. The summed E-state index contributed by atoms with van der Waals surface area (Å²) in [4.78, 5) is 33.6. The number of aromatic nitrogens is 5. The number of esters is 1. The number of hydrogen-bond acceptors (Lipinski definition) is 8. The van der Waals surface area contributed by atoms with E-state index in [-0.39, 0.29) is 22.1 Å². The fourth-order valence-electron chi connectivity index (χ4n) is 1.97. The number of nitriles is 1. The minimum Gasteiger partial charge on any atom is -0.464 e. The van der Waals surface area contributed by atoms with E-state index < -0.39 is 23.2 Å². The van der Waals surface area contributed by atoms with Crippen molar-refractivity contribution in [1.29, 1.82) is 5.26 Å². The number of thioether (sulfide) groups is 1. The molecule has 0 radical (unpaired) electrons. The maximum absolute atomic E-state index is 13.8. The van der Waals surface area contributed by atoms with Crippen LogP contribution in [0.3, 0.4) is 0 Å². The number of hydrogen-bond donors (Lipinski definition) is 1. The molecule has 126 valence electrons. The number of carbonyl (C=O) groups excluding carboxylic acids is 1. The Morgan fingerprint density at radius 3 is 3.00 bits per heavy atom. The van der Waals surface area contributed by atoms with Crippen LogP contribution in [-0.2, 0) is 10.5 Å². The highest BCUT2D eigenvalue weighted by Gasteiger charge is 2.15. The summed E-state index contributed by atoms with van der Waals surface area (Å²) in [5, 5.41) is 13.0. The molecule has 0 fully saturated rings. The first-order valence-electron chi connectivity index (χ1n) is 6.77. The van der Waals surface area contributed by atoms with E-state index in [0.717, 1.165) is 29.5 Å². The first-order valence-corrected chi connectivity index (χ1v) is 7.75. The van der Waals surface area contributed by atoms with Gasteiger partial charge in [-0.2, -0.15) is 14.9 Å². The summed E-state index contributed by atoms with van der Waals surface area (Å²) in [6.45, 7) is 0. The van der Waals surface area contributed by atoms with Crippen molar-refractivity contribution >= 4 is 23.4 Å². The molecule has 0 atom stereocenters. The molecule has 3 rings (SSSR count). The molecule has 25 heavy (non-hydrogen) atoms. The fraction of sp³-hybridized carbons (Fsp3) is 0.143. The van der Waals surface area contributed by atoms with E-state index in [1.54, 1.807) is 0 Å². The largest absolute Gasteiger partial charge is 0.464 e. The number of methoxy groups -OCH3 is 1. The van der Waals surface area contributed by atoms with Gasteiger partial charge in [0.1, 0.15) is 11.6 Å². The zero-order valence-electron chi connectivity index (χ0n) is 12.7. The van der Waals surface area contributed by atoms with Gasteiger partial charge in [0.05, 0.1) is 13.3 Å². The minimum atomic E-state index is -0.863. The van der Waals surface area contributed by atoms with Gasteiger partial charge in [-0.05, 0) is 11.6 Å². The van der Waals surface area contributed by atoms with Crippen molar-refractivity contribution in [3.05, 3.63) is 51.6 Å². The van der Waals surface area contributed by atoms with Gasteiger partial charge in [0.25, 0.3) is 0 Å². The van der Waals surface area contributed by atoms with E-state index in [4.69, 9.17) is 5.26 Å². The molecule has 0 aliphatic rings. The smallest absolute Gasteiger partial charge is 0.359 e. The second-order valence-electron chi connectivity index (χ2n) is 4.71. The van der Waals surface area contributed by atoms with Crippen LogP contribution in [0.15, 0.2) is 28.4 Å². The maximum Gasteiger partial charge on any atom is 0.359 e. The summed E-state index contributed by atoms with van der Waals surface area (Å²) < 4.78 is 19.3. The molecule has 0 saturated heterocycles. The average Bonchev–Trinajstić information content (AvgIpc) is 3.03. The average molecular weight is 360 g/mol. The normalized spacial score (nSPS) is 10.6. The van der Waals surface area contributed by atoms with Crippen LogP contribution in [0.5, 0.6) is 0 Å². The van der Waals surface area contributed by atoms with Crippen molar-refractivity contribution in [2.75, 3.05) is 7.11 Å². The van der Waals surface area contributed by atoms with Crippen molar-refractivity contribution in [2.24, 2.45) is 0 Å². The topological polar surface area (TPSA) is 126 Å². The van der Waals surface area contributed by atoms with Crippen LogP contribution < -0.4 is 5.69 Å². The van der Waals surface area contributed by atoms with Crippen LogP contribution in [0, 0.1) is 17.1 Å². The van der Waals surface area contributed by atoms with Crippen LogP contribution in [-0.4, -0.2) is 37.6 Å². The molecule has 11 heteroatoms. The summed E-state index contributed by atoms with van der Waals surface area (Å²) in [5.74, 6) is -1.43. The second kappa shape index (κ2) is 6.70. The zero-order chi connectivity index (χ0) is 18.0. The number of pyridine rings is 1. The summed E-state index contributed by atoms with van der Waals surface area (Å²) in [7, 11) is 1.14. The van der Waals surface area contributed by atoms with E-state index in [1.807, 2.05) is 6.07 Å². The SMILES string of the molecule is COC(=O)c1ncc(CSc2nc3c(C#N)cnn3c(=O)[nH]2)cc1F. The lowest BCUT2D eigenvalue weighted by atomic mass is 10.2. The molecular formula is C14H9FN6O3S. The Morgan fingerprint density at radius 1 is 1.52 bits per heavy atom. The molecule has 0 aliphatic heterocycles. The monoisotopic (exact) mass is 360 g/mol. The van der Waals surface area contributed by atoms with Gasteiger partial charge in [-0.3, -0.25) is 4.98 Å². The van der Waals surface area contributed by atoms with Gasteiger partial charge >= 0.3 is 11.7 Å². The van der Waals surface area contributed by atoms with Crippen molar-refractivity contribution in [3.8, 4) is 6.07 Å². The van der Waals surface area contributed by atoms with Crippen molar-refractivity contribution in [2.45, 2.75) is 10.9 Å². The number of H-pyrrole nitrogens is 1. The molecule has 0 saturated carbocycles. The van der Waals surface area contributed by atoms with Gasteiger partial charge in [0, 0.05) is 11.9 Å². The molecule has 0 aliphatic carbocycles. The molecule has 9 nitrogen and oxygen atoms in total. The predicted octanol–water partition coefficient (Wildman–Crippen LogP) is 0.902. The Hall–Kier alpha value is -3.26. The first-order chi connectivity index (χ1) is 12.0. The standard InChI is InChI=1S/C14H9FN6O3S/c1-24-12(22)10-9(15)2-7(4-17-10)6-25-13-19-11-8(3-16)5-18-21(11)14(23)20-13/h2,4-5H,6H2,1H3,(H,19,20,23). The van der Waals surface area contributed by atoms with E-state index in [1.165, 1.54) is 12.4 Å². The molecule has 3 heterocycles. The van der Waals surface area contributed by atoms with Gasteiger partial charge in [0.2, 0.25) is 0 Å². The molecule has 3 aromatic heterocycles. The molecule has 0 amide bonds. The third-order valence-corrected chi connectivity index (χ3v) is 4.07. The number of carbonyl (C=O) groups is 1. The highest BCUT2D eigenvalue weighted by atomic mass is 32.2.